The minimum Gasteiger partial charge on any atom is -0.476 e. The molecule has 0 saturated heterocycles. The maximum atomic E-state index is 11.2. The zero-order valence-electron chi connectivity index (χ0n) is 23.2. The molecule has 15 heteroatoms. The van der Waals surface area contributed by atoms with Crippen molar-refractivity contribution in [3.8, 4) is 58.2 Å². The van der Waals surface area contributed by atoms with Crippen molar-refractivity contribution in [2.45, 2.75) is 0 Å². The van der Waals surface area contributed by atoms with Gasteiger partial charge in [-0.1, -0.05) is 46.5 Å². The van der Waals surface area contributed by atoms with Crippen molar-refractivity contribution in [3.63, 3.8) is 0 Å². The first-order chi connectivity index (χ1) is 22.4. The van der Waals surface area contributed by atoms with Crippen molar-refractivity contribution < 1.29 is 29.3 Å². The van der Waals surface area contributed by atoms with E-state index in [4.69, 9.17) is 19.7 Å². The van der Waals surface area contributed by atoms with Gasteiger partial charge in [0.05, 0.1) is 6.20 Å². The Morgan fingerprint density at radius 1 is 0.696 bits per heavy atom. The third-order valence-corrected chi connectivity index (χ3v) is 5.94. The fourth-order valence-corrected chi connectivity index (χ4v) is 3.87. The number of carbonyl (C=O) groups is 2. The normalized spacial score (nSPS) is 10.2. The van der Waals surface area contributed by atoms with Crippen LogP contribution in [0.15, 0.2) is 79.1 Å². The maximum absolute atomic E-state index is 11.2. The molecule has 0 aliphatic rings. The average molecular weight is 612 g/mol. The number of carboxylic acid groups (broad SMARTS) is 2. The summed E-state index contributed by atoms with van der Waals surface area (Å²) in [5.74, 6) is 9.72. The van der Waals surface area contributed by atoms with Gasteiger partial charge in [-0.05, 0) is 59.4 Å². The van der Waals surface area contributed by atoms with E-state index in [1.807, 2.05) is 48.5 Å². The molecule has 6 rings (SSSR count). The van der Waals surface area contributed by atoms with Crippen LogP contribution >= 0.6 is 0 Å². The zero-order valence-corrected chi connectivity index (χ0v) is 23.2. The van der Waals surface area contributed by atoms with E-state index in [1.165, 1.54) is 18.5 Å². The summed E-state index contributed by atoms with van der Waals surface area (Å²) in [6, 6.07) is 20.0. The Morgan fingerprint density at radius 2 is 1.33 bits per heavy atom. The van der Waals surface area contributed by atoms with Crippen LogP contribution in [-0.4, -0.2) is 67.9 Å². The van der Waals surface area contributed by atoms with Gasteiger partial charge in [0, 0.05) is 23.4 Å². The molecule has 0 fully saturated rings. The highest BCUT2D eigenvalue weighted by Crippen LogP contribution is 2.23. The summed E-state index contributed by atoms with van der Waals surface area (Å²) in [6.07, 6.45) is 2.85. The van der Waals surface area contributed by atoms with Gasteiger partial charge in [-0.3, -0.25) is 0 Å². The van der Waals surface area contributed by atoms with Gasteiger partial charge in [-0.15, -0.1) is 10.2 Å². The zero-order chi connectivity index (χ0) is 31.9. The van der Waals surface area contributed by atoms with Crippen LogP contribution in [0.4, 0.5) is 0 Å². The van der Waals surface area contributed by atoms with Gasteiger partial charge in [0.2, 0.25) is 23.1 Å². The molecule has 46 heavy (non-hydrogen) atoms. The van der Waals surface area contributed by atoms with E-state index in [1.54, 1.807) is 12.1 Å². The Hall–Kier alpha value is -7.39. The molecule has 0 spiro atoms. The van der Waals surface area contributed by atoms with Crippen molar-refractivity contribution in [1.82, 2.24) is 45.8 Å². The lowest BCUT2D eigenvalue weighted by Crippen LogP contribution is -2.01. The van der Waals surface area contributed by atoms with E-state index in [9.17, 15) is 9.59 Å². The number of carboxylic acids is 2. The Labute approximate surface area is 258 Å². The Balaban J connectivity index is 1.14. The van der Waals surface area contributed by atoms with E-state index >= 15 is 0 Å². The summed E-state index contributed by atoms with van der Waals surface area (Å²) in [4.78, 5) is 35.0. The number of pyridine rings is 1. The van der Waals surface area contributed by atoms with E-state index < -0.39 is 11.9 Å². The number of nitrogens with zero attached hydrogens (tertiary/aromatic N) is 7. The molecule has 0 amide bonds. The Morgan fingerprint density at radius 3 is 1.93 bits per heavy atom. The standard InChI is InChI=1S/C31H17N9O6/c41-30(42)26-28(37-39-35-26)45-23-11-10-22(33-17-23)9-7-18-3-1-5-20(15-18)21-6-2-4-19(16-21)8-12-24-32-14-13-25(34-24)46-29-27(31(43)44)36-40-38-29/h1-6,10-11,13-17H,(H,41,42)(H,43,44)(H,35,37,39)(H,36,38,40). The quantitative estimate of drug-likeness (QED) is 0.190. The molecule has 4 heterocycles. The number of rotatable bonds is 7. The van der Waals surface area contributed by atoms with Gasteiger partial charge in [-0.25, -0.2) is 29.8 Å². The highest BCUT2D eigenvalue weighted by atomic mass is 16.5. The number of aromatic carboxylic acids is 2. The minimum absolute atomic E-state index is 0.0695. The maximum Gasteiger partial charge on any atom is 0.362 e. The second-order valence-corrected chi connectivity index (χ2v) is 9.05. The van der Waals surface area contributed by atoms with Crippen LogP contribution in [0, 0.1) is 23.7 Å². The van der Waals surface area contributed by atoms with Gasteiger partial charge in [-0.2, -0.15) is 4.98 Å². The summed E-state index contributed by atoms with van der Waals surface area (Å²) in [7, 11) is 0. The van der Waals surface area contributed by atoms with Crippen LogP contribution in [0.25, 0.3) is 11.1 Å². The van der Waals surface area contributed by atoms with Crippen molar-refractivity contribution in [2.75, 3.05) is 0 Å². The third kappa shape index (κ3) is 6.80. The summed E-state index contributed by atoms with van der Waals surface area (Å²) >= 11 is 0. The molecular formula is C31H17N9O6. The van der Waals surface area contributed by atoms with Crippen molar-refractivity contribution in [1.29, 1.82) is 0 Å². The van der Waals surface area contributed by atoms with Crippen LogP contribution in [0.3, 0.4) is 0 Å². The van der Waals surface area contributed by atoms with Crippen molar-refractivity contribution in [2.24, 2.45) is 0 Å². The first kappa shape index (κ1) is 28.7. The number of hydrogen-bond donors (Lipinski definition) is 4. The Kier molecular flexibility index (Phi) is 8.03. The molecule has 0 bridgehead atoms. The van der Waals surface area contributed by atoms with Crippen molar-refractivity contribution >= 4 is 11.9 Å². The fourth-order valence-electron chi connectivity index (χ4n) is 3.87. The average Bonchev–Trinajstić information content (AvgIpc) is 3.74. The lowest BCUT2D eigenvalue weighted by atomic mass is 10.0. The number of nitrogens with one attached hydrogen (secondary N) is 2. The second-order valence-electron chi connectivity index (χ2n) is 9.05. The van der Waals surface area contributed by atoms with Crippen molar-refractivity contribution in [3.05, 3.63) is 113 Å². The molecule has 0 aliphatic heterocycles. The summed E-state index contributed by atoms with van der Waals surface area (Å²) in [6.45, 7) is 0. The molecule has 0 saturated carbocycles. The number of aromatic amines is 2. The topological polar surface area (TPSA) is 215 Å². The van der Waals surface area contributed by atoms with Gasteiger partial charge in [0.1, 0.15) is 11.4 Å². The summed E-state index contributed by atoms with van der Waals surface area (Å²) < 4.78 is 10.9. The highest BCUT2D eigenvalue weighted by Gasteiger charge is 2.18. The van der Waals surface area contributed by atoms with E-state index in [0.717, 1.165) is 16.7 Å². The van der Waals surface area contributed by atoms with E-state index in [0.29, 0.717) is 11.3 Å². The molecule has 2 aromatic carbocycles. The number of H-pyrrole nitrogens is 2. The summed E-state index contributed by atoms with van der Waals surface area (Å²) in [5, 5.41) is 36.8. The first-order valence-corrected chi connectivity index (χ1v) is 13.1. The molecule has 0 atom stereocenters. The minimum atomic E-state index is -1.30. The molecule has 6 aromatic rings. The van der Waals surface area contributed by atoms with Crippen LogP contribution in [0.1, 0.15) is 43.6 Å². The smallest absolute Gasteiger partial charge is 0.362 e. The van der Waals surface area contributed by atoms with Gasteiger partial charge in [0.25, 0.3) is 11.8 Å². The predicted octanol–water partition coefficient (Wildman–Crippen LogP) is 3.56. The van der Waals surface area contributed by atoms with Crippen LogP contribution in [0.5, 0.6) is 23.4 Å². The van der Waals surface area contributed by atoms with Gasteiger partial charge < -0.3 is 19.7 Å². The molecule has 222 valence electrons. The van der Waals surface area contributed by atoms with E-state index in [2.05, 4.69) is 69.5 Å². The predicted molar refractivity (Wildman–Crippen MR) is 157 cm³/mol. The van der Waals surface area contributed by atoms with Crippen LogP contribution in [0.2, 0.25) is 0 Å². The lowest BCUT2D eigenvalue weighted by molar-refractivity contribution is 0.0676. The summed E-state index contributed by atoms with van der Waals surface area (Å²) in [5.41, 5.74) is 3.07. The van der Waals surface area contributed by atoms with Gasteiger partial charge >= 0.3 is 11.9 Å². The Bertz CT molecular complexity index is 2210. The molecule has 0 unspecified atom stereocenters. The monoisotopic (exact) mass is 611 g/mol. The SMILES string of the molecule is O=C(O)c1nn[nH]c1Oc1ccc(C#Cc2cccc(-c3cccc(C#Cc4nccc(Oc5[nH]nnc5C(=O)O)n4)c3)c2)nc1. The van der Waals surface area contributed by atoms with Gasteiger partial charge in [0.15, 0.2) is 0 Å². The van der Waals surface area contributed by atoms with E-state index in [-0.39, 0.29) is 40.6 Å². The molecule has 0 radical (unpaired) electrons. The molecular weight excluding hydrogens is 594 g/mol. The lowest BCUT2D eigenvalue weighted by Gasteiger charge is -2.03. The largest absolute Gasteiger partial charge is 0.476 e. The highest BCUT2D eigenvalue weighted by molar-refractivity contribution is 5.88. The first-order valence-electron chi connectivity index (χ1n) is 13.1. The number of benzene rings is 2. The molecule has 4 N–H and O–H groups in total. The molecule has 0 aliphatic carbocycles. The molecule has 4 aromatic heterocycles. The number of ether oxygens (including phenoxy) is 2. The molecule has 15 nitrogen and oxygen atoms in total. The third-order valence-electron chi connectivity index (χ3n) is 5.94. The van der Waals surface area contributed by atoms with Crippen LogP contribution in [-0.2, 0) is 0 Å². The second kappa shape index (κ2) is 12.9. The number of aromatic nitrogens is 9. The number of hydrogen-bond acceptors (Lipinski definition) is 11. The van der Waals surface area contributed by atoms with Crippen LogP contribution < -0.4 is 9.47 Å². The fraction of sp³-hybridized carbons (Fsp3) is 0.